The van der Waals surface area contributed by atoms with Gasteiger partial charge >= 0.3 is 6.18 Å². The Hall–Kier alpha value is -0.580. The second kappa shape index (κ2) is 7.12. The molecule has 2 aliphatic rings. The molecule has 1 N–H and O–H groups in total. The van der Waals surface area contributed by atoms with Gasteiger partial charge in [-0.15, -0.1) is 35.3 Å². The molecule has 1 spiro atoms. The molecule has 9 heteroatoms. The van der Waals surface area contributed by atoms with Crippen LogP contribution in [-0.4, -0.2) is 36.0 Å². The Morgan fingerprint density at radius 3 is 2.65 bits per heavy atom. The molecule has 1 aromatic rings. The first-order chi connectivity index (χ1) is 10.4. The summed E-state index contributed by atoms with van der Waals surface area (Å²) in [5.41, 5.74) is -0.360. The van der Waals surface area contributed by atoms with E-state index in [9.17, 15) is 13.2 Å². The van der Waals surface area contributed by atoms with Gasteiger partial charge in [0.25, 0.3) is 0 Å². The van der Waals surface area contributed by atoms with Crippen LogP contribution < -0.4 is 5.32 Å². The van der Waals surface area contributed by atoms with Crippen molar-refractivity contribution in [2.75, 3.05) is 20.1 Å². The number of aromatic nitrogens is 1. The molecular formula is C14H20F3IN4S. The second-order valence-corrected chi connectivity index (χ2v) is 6.99. The van der Waals surface area contributed by atoms with Crippen molar-refractivity contribution in [2.24, 2.45) is 10.4 Å². The Bertz CT molecular complexity index is 569. The van der Waals surface area contributed by atoms with Crippen LogP contribution in [0.25, 0.3) is 0 Å². The molecule has 1 saturated heterocycles. The fourth-order valence-corrected chi connectivity index (χ4v) is 3.95. The van der Waals surface area contributed by atoms with Crippen molar-refractivity contribution < 1.29 is 13.2 Å². The van der Waals surface area contributed by atoms with Gasteiger partial charge < -0.3 is 10.2 Å². The molecule has 130 valence electrons. The smallest absolute Gasteiger partial charge is 0.350 e. The molecule has 1 aromatic heterocycles. The monoisotopic (exact) mass is 460 g/mol. The zero-order valence-electron chi connectivity index (χ0n) is 12.8. The predicted octanol–water partition coefficient (Wildman–Crippen LogP) is 3.73. The van der Waals surface area contributed by atoms with Crippen LogP contribution in [0.2, 0.25) is 0 Å². The van der Waals surface area contributed by atoms with Crippen LogP contribution >= 0.6 is 35.3 Å². The summed E-state index contributed by atoms with van der Waals surface area (Å²) in [6, 6.07) is 0. The number of hydrogen-bond acceptors (Lipinski definition) is 3. The summed E-state index contributed by atoms with van der Waals surface area (Å²) in [7, 11) is 1.71. The normalized spacial score (nSPS) is 20.3. The van der Waals surface area contributed by atoms with Crippen molar-refractivity contribution >= 4 is 41.3 Å². The number of hydrogen-bond donors (Lipinski definition) is 1. The van der Waals surface area contributed by atoms with E-state index in [-0.39, 0.29) is 30.5 Å². The summed E-state index contributed by atoms with van der Waals surface area (Å²) < 4.78 is 37.6. The molecule has 23 heavy (non-hydrogen) atoms. The third kappa shape index (κ3) is 4.09. The maximum absolute atomic E-state index is 12.5. The van der Waals surface area contributed by atoms with Gasteiger partial charge in [-0.1, -0.05) is 6.42 Å². The number of nitrogens with one attached hydrogen (secondary N) is 1. The van der Waals surface area contributed by atoms with E-state index in [0.717, 1.165) is 35.8 Å². The van der Waals surface area contributed by atoms with Crippen molar-refractivity contribution in [1.29, 1.82) is 0 Å². The van der Waals surface area contributed by atoms with E-state index in [4.69, 9.17) is 0 Å². The van der Waals surface area contributed by atoms with Crippen LogP contribution in [0.15, 0.2) is 10.4 Å². The van der Waals surface area contributed by atoms with E-state index in [1.807, 2.05) is 0 Å². The van der Waals surface area contributed by atoms with Crippen molar-refractivity contribution in [3.63, 3.8) is 0 Å². The Labute approximate surface area is 154 Å². The molecule has 1 aliphatic heterocycles. The van der Waals surface area contributed by atoms with E-state index in [1.54, 1.807) is 7.05 Å². The van der Waals surface area contributed by atoms with Crippen LogP contribution in [0.3, 0.4) is 0 Å². The van der Waals surface area contributed by atoms with Gasteiger partial charge in [0.1, 0.15) is 5.01 Å². The maximum Gasteiger partial charge on any atom is 0.434 e. The summed E-state index contributed by atoms with van der Waals surface area (Å²) in [5.74, 6) is 0.757. The van der Waals surface area contributed by atoms with Gasteiger partial charge in [0.2, 0.25) is 0 Å². The predicted molar refractivity (Wildman–Crippen MR) is 95.2 cm³/mol. The minimum atomic E-state index is -4.37. The first-order valence-corrected chi connectivity index (χ1v) is 8.27. The molecule has 0 atom stereocenters. The summed E-state index contributed by atoms with van der Waals surface area (Å²) >= 11 is 1.02. The third-order valence-electron chi connectivity index (χ3n) is 4.60. The Morgan fingerprint density at radius 2 is 2.17 bits per heavy atom. The number of nitrogens with zero attached hydrogens (tertiary/aromatic N) is 3. The van der Waals surface area contributed by atoms with Crippen LogP contribution in [0.5, 0.6) is 0 Å². The van der Waals surface area contributed by atoms with Gasteiger partial charge in [0.05, 0.1) is 6.54 Å². The highest BCUT2D eigenvalue weighted by Gasteiger charge is 2.43. The quantitative estimate of drug-likeness (QED) is 0.416. The van der Waals surface area contributed by atoms with Crippen molar-refractivity contribution in [2.45, 2.75) is 38.4 Å². The Kier molecular flexibility index (Phi) is 5.81. The van der Waals surface area contributed by atoms with E-state index in [2.05, 4.69) is 20.2 Å². The molecule has 2 fully saturated rings. The number of alkyl halides is 3. The van der Waals surface area contributed by atoms with Gasteiger partial charge in [0, 0.05) is 25.5 Å². The highest BCUT2D eigenvalue weighted by molar-refractivity contribution is 14.0. The molecule has 0 unspecified atom stereocenters. The molecule has 4 nitrogen and oxygen atoms in total. The molecule has 2 heterocycles. The number of likely N-dealkylation sites (tertiary alicyclic amines) is 1. The van der Waals surface area contributed by atoms with Gasteiger partial charge in [-0.25, -0.2) is 4.98 Å². The minimum absolute atomic E-state index is 0. The summed E-state index contributed by atoms with van der Waals surface area (Å²) in [4.78, 5) is 10.1. The molecule has 1 saturated carbocycles. The number of guanidine groups is 1. The molecule has 0 bridgehead atoms. The first kappa shape index (κ1) is 18.8. The van der Waals surface area contributed by atoms with Crippen LogP contribution in [0.4, 0.5) is 13.2 Å². The highest BCUT2D eigenvalue weighted by Crippen LogP contribution is 2.47. The summed E-state index contributed by atoms with van der Waals surface area (Å²) in [6.45, 7) is 2.24. The van der Waals surface area contributed by atoms with Gasteiger partial charge in [0.15, 0.2) is 11.7 Å². The van der Waals surface area contributed by atoms with Gasteiger partial charge in [-0.05, 0) is 24.7 Å². The van der Waals surface area contributed by atoms with E-state index in [0.29, 0.717) is 10.4 Å². The Morgan fingerprint density at radius 1 is 1.43 bits per heavy atom. The maximum atomic E-state index is 12.5. The van der Waals surface area contributed by atoms with E-state index < -0.39 is 11.9 Å². The summed E-state index contributed by atoms with van der Waals surface area (Å²) in [5, 5.41) is 4.61. The molecule has 3 rings (SSSR count). The average Bonchev–Trinajstić information content (AvgIpc) is 3.04. The zero-order chi connectivity index (χ0) is 15.8. The van der Waals surface area contributed by atoms with Crippen LogP contribution in [-0.2, 0) is 12.7 Å². The topological polar surface area (TPSA) is 40.5 Å². The lowest BCUT2D eigenvalue weighted by atomic mass is 9.68. The standard InChI is InChI=1S/C14H19F3N4S.HI/c1-18-12(21-6-5-13(9-21)3-2-4-13)19-7-11-20-10(8-22-11)14(15,16)17;/h8H,2-7,9H2,1H3,(H,18,19);1H. The Balaban J connectivity index is 0.00000192. The first-order valence-electron chi connectivity index (χ1n) is 7.39. The fraction of sp³-hybridized carbons (Fsp3) is 0.714. The number of thiazole rings is 1. The van der Waals surface area contributed by atoms with Crippen molar-refractivity contribution in [1.82, 2.24) is 15.2 Å². The summed E-state index contributed by atoms with van der Waals surface area (Å²) in [6.07, 6.45) is 0.675. The molecule has 0 amide bonds. The number of aliphatic imine (C=N–C) groups is 1. The largest absolute Gasteiger partial charge is 0.434 e. The van der Waals surface area contributed by atoms with Crippen molar-refractivity contribution in [3.8, 4) is 0 Å². The number of halogens is 4. The average molecular weight is 460 g/mol. The van der Waals surface area contributed by atoms with Gasteiger partial charge in [-0.3, -0.25) is 4.99 Å². The second-order valence-electron chi connectivity index (χ2n) is 6.05. The molecule has 0 aromatic carbocycles. The van der Waals surface area contributed by atoms with E-state index in [1.165, 1.54) is 25.7 Å². The molecule has 1 aliphatic carbocycles. The highest BCUT2D eigenvalue weighted by atomic mass is 127. The molecular weight excluding hydrogens is 440 g/mol. The molecule has 0 radical (unpaired) electrons. The third-order valence-corrected chi connectivity index (χ3v) is 5.45. The minimum Gasteiger partial charge on any atom is -0.350 e. The lowest BCUT2D eigenvalue weighted by Gasteiger charge is -2.38. The fourth-order valence-electron chi connectivity index (χ4n) is 3.21. The van der Waals surface area contributed by atoms with Crippen LogP contribution in [0.1, 0.15) is 36.4 Å². The lowest BCUT2D eigenvalue weighted by Crippen LogP contribution is -2.42. The lowest BCUT2D eigenvalue weighted by molar-refractivity contribution is -0.140. The van der Waals surface area contributed by atoms with Gasteiger partial charge in [-0.2, -0.15) is 13.2 Å². The zero-order valence-corrected chi connectivity index (χ0v) is 16.0. The SMILES string of the molecule is CN=C(NCc1nc(C(F)(F)F)cs1)N1CCC2(CCC2)C1.I. The number of rotatable bonds is 2. The van der Waals surface area contributed by atoms with Crippen molar-refractivity contribution in [3.05, 3.63) is 16.1 Å². The van der Waals surface area contributed by atoms with Crippen LogP contribution in [0, 0.1) is 5.41 Å². The van der Waals surface area contributed by atoms with E-state index >= 15 is 0 Å².